The van der Waals surface area contributed by atoms with Gasteiger partial charge in [0, 0.05) is 29.2 Å². The quantitative estimate of drug-likeness (QED) is 0.695. The van der Waals surface area contributed by atoms with Crippen molar-refractivity contribution in [3.63, 3.8) is 0 Å². The van der Waals surface area contributed by atoms with Crippen LogP contribution < -0.4 is 5.32 Å². The first-order valence-electron chi connectivity index (χ1n) is 7.09. The smallest absolute Gasteiger partial charge is 0.348 e. The maximum absolute atomic E-state index is 12.1. The van der Waals surface area contributed by atoms with Crippen molar-refractivity contribution in [1.82, 2.24) is 15.1 Å². The van der Waals surface area contributed by atoms with Crippen molar-refractivity contribution in [2.75, 3.05) is 6.61 Å². The molecule has 0 saturated heterocycles. The lowest BCUT2D eigenvalue weighted by atomic mass is 10.2. The fourth-order valence-corrected chi connectivity index (χ4v) is 4.45. The first-order chi connectivity index (χ1) is 11.2. The molecule has 3 aromatic rings. The Morgan fingerprint density at radius 2 is 2.30 bits per heavy atom. The summed E-state index contributed by atoms with van der Waals surface area (Å²) in [5, 5.41) is 8.82. The third kappa shape index (κ3) is 3.43. The Labute approximate surface area is 140 Å². The molecule has 23 heavy (non-hydrogen) atoms. The van der Waals surface area contributed by atoms with Crippen LogP contribution in [0.2, 0.25) is 0 Å². The van der Waals surface area contributed by atoms with Crippen LogP contribution in [0.25, 0.3) is 9.40 Å². The van der Waals surface area contributed by atoms with Crippen LogP contribution in [0.15, 0.2) is 29.9 Å². The van der Waals surface area contributed by atoms with Gasteiger partial charge in [-0.1, -0.05) is 0 Å². The highest BCUT2D eigenvalue weighted by Gasteiger charge is 2.20. The van der Waals surface area contributed by atoms with Crippen LogP contribution in [-0.4, -0.2) is 28.3 Å². The van der Waals surface area contributed by atoms with Gasteiger partial charge in [-0.3, -0.25) is 9.48 Å². The molecule has 1 amide bonds. The number of hydrogen-bond donors (Lipinski definition) is 1. The summed E-state index contributed by atoms with van der Waals surface area (Å²) in [7, 11) is 0. The van der Waals surface area contributed by atoms with Crippen molar-refractivity contribution < 1.29 is 14.3 Å². The minimum Gasteiger partial charge on any atom is -0.462 e. The fraction of sp³-hybridized carbons (Fsp3) is 0.267. The highest BCUT2D eigenvalue weighted by molar-refractivity contribution is 7.28. The van der Waals surface area contributed by atoms with Crippen LogP contribution in [0.1, 0.15) is 22.2 Å². The summed E-state index contributed by atoms with van der Waals surface area (Å²) in [6.07, 6.45) is 3.35. The maximum atomic E-state index is 12.1. The molecule has 0 saturated carbocycles. The Hall–Kier alpha value is -2.19. The molecule has 0 aromatic carbocycles. The van der Waals surface area contributed by atoms with Crippen LogP contribution in [0, 0.1) is 0 Å². The molecule has 8 heteroatoms. The number of nitrogens with zero attached hydrogens (tertiary/aromatic N) is 2. The highest BCUT2D eigenvalue weighted by Crippen LogP contribution is 2.35. The molecule has 0 radical (unpaired) electrons. The number of thiophene rings is 2. The van der Waals surface area contributed by atoms with Gasteiger partial charge in [-0.05, 0) is 24.4 Å². The number of esters is 1. The molecule has 0 spiro atoms. The van der Waals surface area contributed by atoms with Crippen molar-refractivity contribution in [2.45, 2.75) is 20.0 Å². The van der Waals surface area contributed by atoms with Gasteiger partial charge < -0.3 is 10.1 Å². The lowest BCUT2D eigenvalue weighted by Crippen LogP contribution is -2.27. The number of aromatic nitrogens is 2. The third-order valence-corrected chi connectivity index (χ3v) is 5.46. The zero-order chi connectivity index (χ0) is 16.2. The monoisotopic (exact) mass is 349 g/mol. The molecular weight excluding hydrogens is 334 g/mol. The molecule has 3 aromatic heterocycles. The molecule has 0 atom stereocenters. The number of ether oxygens (including phenoxy) is 1. The van der Waals surface area contributed by atoms with Crippen molar-refractivity contribution in [1.29, 1.82) is 0 Å². The Kier molecular flexibility index (Phi) is 4.73. The molecule has 0 aliphatic rings. The number of hydrogen-bond acceptors (Lipinski definition) is 6. The zero-order valence-corrected chi connectivity index (χ0v) is 14.1. The van der Waals surface area contributed by atoms with E-state index in [9.17, 15) is 9.59 Å². The van der Waals surface area contributed by atoms with E-state index in [-0.39, 0.29) is 18.4 Å². The maximum Gasteiger partial charge on any atom is 0.348 e. The van der Waals surface area contributed by atoms with E-state index in [1.807, 2.05) is 11.4 Å². The van der Waals surface area contributed by atoms with Crippen LogP contribution in [0.4, 0.5) is 0 Å². The molecule has 0 aliphatic heterocycles. The minimum atomic E-state index is -0.336. The molecule has 3 rings (SSSR count). The van der Waals surface area contributed by atoms with E-state index in [4.69, 9.17) is 4.74 Å². The lowest BCUT2D eigenvalue weighted by Gasteiger charge is -2.07. The molecule has 6 nitrogen and oxygen atoms in total. The van der Waals surface area contributed by atoms with Gasteiger partial charge in [0.2, 0.25) is 5.91 Å². The van der Waals surface area contributed by atoms with Gasteiger partial charge in [0.05, 0.1) is 11.3 Å². The molecule has 0 aliphatic carbocycles. The number of fused-ring (bicyclic) bond motifs is 1. The second-order valence-electron chi connectivity index (χ2n) is 4.72. The van der Waals surface area contributed by atoms with Crippen LogP contribution >= 0.6 is 22.7 Å². The Balaban J connectivity index is 1.75. The molecule has 3 heterocycles. The van der Waals surface area contributed by atoms with E-state index >= 15 is 0 Å². The standard InChI is InChI=1S/C15H15N3O3S2/c1-2-21-15(20)14-10(13-11(23-14)4-7-22-13)8-16-12(19)9-18-6-3-5-17-18/h3-7H,2,8-9H2,1H3,(H,16,19). The second-order valence-corrected chi connectivity index (χ2v) is 6.69. The van der Waals surface area contributed by atoms with Gasteiger partial charge in [0.25, 0.3) is 0 Å². The molecule has 120 valence electrons. The summed E-state index contributed by atoms with van der Waals surface area (Å²) in [5.41, 5.74) is 0.826. The summed E-state index contributed by atoms with van der Waals surface area (Å²) >= 11 is 2.96. The average Bonchev–Trinajstić information content (AvgIpc) is 3.22. The Morgan fingerprint density at radius 3 is 3.04 bits per heavy atom. The van der Waals surface area contributed by atoms with Crippen molar-refractivity contribution in [3.8, 4) is 0 Å². The first kappa shape index (κ1) is 15.7. The van der Waals surface area contributed by atoms with E-state index in [2.05, 4.69) is 10.4 Å². The Bertz CT molecular complexity index is 820. The van der Waals surface area contributed by atoms with Gasteiger partial charge in [0.1, 0.15) is 11.4 Å². The number of carbonyl (C=O) groups excluding carboxylic acids is 2. The van der Waals surface area contributed by atoms with Gasteiger partial charge in [-0.2, -0.15) is 5.10 Å². The summed E-state index contributed by atoms with van der Waals surface area (Å²) in [5.74, 6) is -0.489. The first-order valence-corrected chi connectivity index (χ1v) is 8.78. The van der Waals surface area contributed by atoms with Crippen LogP contribution in [-0.2, 0) is 22.6 Å². The topological polar surface area (TPSA) is 73.2 Å². The number of carbonyl (C=O) groups is 2. The number of nitrogens with one attached hydrogen (secondary N) is 1. The third-order valence-electron chi connectivity index (χ3n) is 3.18. The SMILES string of the molecule is CCOC(=O)c1sc2ccsc2c1CNC(=O)Cn1cccn1. The lowest BCUT2D eigenvalue weighted by molar-refractivity contribution is -0.122. The van der Waals surface area contributed by atoms with Gasteiger partial charge in [0.15, 0.2) is 0 Å². The fourth-order valence-electron chi connectivity index (χ4n) is 2.18. The van der Waals surface area contributed by atoms with Crippen molar-refractivity contribution in [3.05, 3.63) is 40.3 Å². The summed E-state index contributed by atoms with van der Waals surface area (Å²) in [6.45, 7) is 2.56. The largest absolute Gasteiger partial charge is 0.462 e. The van der Waals surface area contributed by atoms with Crippen molar-refractivity contribution >= 4 is 43.9 Å². The molecule has 0 fully saturated rings. The van der Waals surface area contributed by atoms with E-state index in [1.165, 1.54) is 11.3 Å². The second kappa shape index (κ2) is 6.93. The highest BCUT2D eigenvalue weighted by atomic mass is 32.1. The Morgan fingerprint density at radius 1 is 1.43 bits per heavy atom. The normalized spacial score (nSPS) is 10.8. The zero-order valence-electron chi connectivity index (χ0n) is 12.4. The predicted molar refractivity (Wildman–Crippen MR) is 89.7 cm³/mol. The molecule has 0 bridgehead atoms. The van der Waals surface area contributed by atoms with Crippen LogP contribution in [0.5, 0.6) is 0 Å². The van der Waals surface area contributed by atoms with E-state index in [0.29, 0.717) is 18.0 Å². The summed E-state index contributed by atoms with van der Waals surface area (Å²) < 4.78 is 8.72. The van der Waals surface area contributed by atoms with E-state index in [1.54, 1.807) is 41.4 Å². The number of rotatable bonds is 6. The van der Waals surface area contributed by atoms with Gasteiger partial charge in [-0.15, -0.1) is 22.7 Å². The minimum absolute atomic E-state index is 0.152. The predicted octanol–water partition coefficient (Wildman–Crippen LogP) is 2.65. The summed E-state index contributed by atoms with van der Waals surface area (Å²) in [6, 6.07) is 3.74. The number of amides is 1. The molecule has 0 unspecified atom stereocenters. The van der Waals surface area contributed by atoms with Crippen molar-refractivity contribution in [2.24, 2.45) is 0 Å². The van der Waals surface area contributed by atoms with Gasteiger partial charge >= 0.3 is 5.97 Å². The summed E-state index contributed by atoms with van der Waals surface area (Å²) in [4.78, 5) is 24.7. The van der Waals surface area contributed by atoms with E-state index < -0.39 is 0 Å². The average molecular weight is 349 g/mol. The van der Waals surface area contributed by atoms with Gasteiger partial charge in [-0.25, -0.2) is 4.79 Å². The molecular formula is C15H15N3O3S2. The van der Waals surface area contributed by atoms with E-state index in [0.717, 1.165) is 15.0 Å². The molecule has 1 N–H and O–H groups in total. The van der Waals surface area contributed by atoms with Crippen LogP contribution in [0.3, 0.4) is 0 Å².